The van der Waals surface area contributed by atoms with E-state index in [0.717, 1.165) is 10.9 Å². The summed E-state index contributed by atoms with van der Waals surface area (Å²) in [6, 6.07) is 11.9. The molecular weight excluding hydrogens is 352 g/mol. The molecule has 1 N–H and O–H groups in total. The number of hydrogen-bond donors (Lipinski definition) is 2. The van der Waals surface area contributed by atoms with Crippen LogP contribution in [-0.2, 0) is 10.9 Å². The number of halogens is 1. The van der Waals surface area contributed by atoms with E-state index in [2.05, 4.69) is 9.71 Å². The average Bonchev–Trinajstić information content (AvgIpc) is 2.57. The van der Waals surface area contributed by atoms with E-state index in [1.165, 1.54) is 6.07 Å². The molecule has 0 saturated carbocycles. The van der Waals surface area contributed by atoms with E-state index in [4.69, 9.17) is 21.1 Å². The molecule has 3 aromatic rings. The number of anilines is 1. The average molecular weight is 365 g/mol. The largest absolute Gasteiger partial charge is 0.497 e. The fourth-order valence-electron chi connectivity index (χ4n) is 2.19. The zero-order valence-electron chi connectivity index (χ0n) is 12.5. The van der Waals surface area contributed by atoms with E-state index in [9.17, 15) is 8.42 Å². The molecule has 0 radical (unpaired) electrons. The van der Waals surface area contributed by atoms with Crippen LogP contribution < -0.4 is 14.2 Å². The number of pyridine rings is 1. The molecule has 0 atom stereocenters. The Kier molecular flexibility index (Phi) is 4.73. The van der Waals surface area contributed by atoms with Crippen LogP contribution in [0, 0.1) is 0 Å². The number of rotatable bonds is 5. The van der Waals surface area contributed by atoms with Gasteiger partial charge in [0, 0.05) is 23.7 Å². The minimum absolute atomic E-state index is 0.242. The van der Waals surface area contributed by atoms with Crippen LogP contribution in [0.2, 0.25) is 5.02 Å². The van der Waals surface area contributed by atoms with Crippen LogP contribution in [0.5, 0.6) is 17.2 Å². The lowest BCUT2D eigenvalue weighted by Crippen LogP contribution is -1.96. The van der Waals surface area contributed by atoms with Gasteiger partial charge in [-0.2, -0.15) is 0 Å². The van der Waals surface area contributed by atoms with Crippen molar-refractivity contribution in [2.24, 2.45) is 0 Å². The first-order chi connectivity index (χ1) is 11.6. The predicted octanol–water partition coefficient (Wildman–Crippen LogP) is 3.63. The minimum Gasteiger partial charge on any atom is -0.497 e. The van der Waals surface area contributed by atoms with E-state index in [1.54, 1.807) is 31.5 Å². The molecule has 0 aliphatic carbocycles. The van der Waals surface area contributed by atoms with Crippen LogP contribution in [0.25, 0.3) is 10.9 Å². The molecule has 0 saturated heterocycles. The Morgan fingerprint density at radius 3 is 2.58 bits per heavy atom. The van der Waals surface area contributed by atoms with Gasteiger partial charge in [-0.15, -0.1) is 0 Å². The molecule has 0 unspecified atom stereocenters. The molecule has 1 aromatic heterocycles. The van der Waals surface area contributed by atoms with E-state index in [1.807, 2.05) is 18.2 Å². The summed E-state index contributed by atoms with van der Waals surface area (Å²) in [6.07, 6.45) is 1.64. The first kappa shape index (κ1) is 16.4. The number of aromatic nitrogens is 1. The third-order valence-electron chi connectivity index (χ3n) is 3.29. The highest BCUT2D eigenvalue weighted by Crippen LogP contribution is 2.33. The highest BCUT2D eigenvalue weighted by atomic mass is 35.5. The molecule has 8 heteroatoms. The number of ether oxygens (including phenoxy) is 2. The lowest BCUT2D eigenvalue weighted by Gasteiger charge is -2.11. The Morgan fingerprint density at radius 1 is 1.08 bits per heavy atom. The molecule has 2 aromatic carbocycles. The first-order valence-electron chi connectivity index (χ1n) is 6.88. The van der Waals surface area contributed by atoms with E-state index in [-0.39, 0.29) is 5.02 Å². The Balaban J connectivity index is 1.93. The molecule has 6 nitrogen and oxygen atoms in total. The van der Waals surface area contributed by atoms with Gasteiger partial charge in [0.15, 0.2) is 0 Å². The van der Waals surface area contributed by atoms with Gasteiger partial charge in [0.05, 0.1) is 23.3 Å². The number of methoxy groups -OCH3 is 1. The maximum Gasteiger partial charge on any atom is 0.222 e. The summed E-state index contributed by atoms with van der Waals surface area (Å²) < 4.78 is 34.7. The molecule has 1 heterocycles. The Labute approximate surface area is 145 Å². The van der Waals surface area contributed by atoms with E-state index in [0.29, 0.717) is 22.9 Å². The summed E-state index contributed by atoms with van der Waals surface area (Å²) in [5.41, 5.74) is 1.03. The number of fused-ring (bicyclic) bond motifs is 1. The number of hydrogen-bond acceptors (Lipinski definition) is 5. The molecule has 3 rings (SSSR count). The summed E-state index contributed by atoms with van der Waals surface area (Å²) in [6.45, 7) is 0. The molecule has 0 aliphatic heterocycles. The fourth-order valence-corrected chi connectivity index (χ4v) is 2.87. The van der Waals surface area contributed by atoms with E-state index >= 15 is 0 Å². The van der Waals surface area contributed by atoms with Crippen molar-refractivity contribution in [1.29, 1.82) is 0 Å². The normalized spacial score (nSPS) is 10.8. The lowest BCUT2D eigenvalue weighted by molar-refractivity contribution is 0.415. The van der Waals surface area contributed by atoms with Gasteiger partial charge in [-0.3, -0.25) is 9.71 Å². The van der Waals surface area contributed by atoms with Crippen molar-refractivity contribution in [1.82, 2.24) is 4.98 Å². The molecule has 24 heavy (non-hydrogen) atoms. The number of thiol groups is 1. The van der Waals surface area contributed by atoms with Gasteiger partial charge in [-0.1, -0.05) is 11.6 Å². The Bertz CT molecular complexity index is 967. The smallest absolute Gasteiger partial charge is 0.222 e. The number of benzene rings is 2. The van der Waals surface area contributed by atoms with Crippen LogP contribution in [0.4, 0.5) is 5.69 Å². The molecule has 0 aliphatic rings. The van der Waals surface area contributed by atoms with Crippen molar-refractivity contribution in [3.63, 3.8) is 0 Å². The number of nitrogens with zero attached hydrogens (tertiary/aromatic N) is 1. The summed E-state index contributed by atoms with van der Waals surface area (Å²) in [5.74, 6) is 1.79. The fraction of sp³-hybridized carbons (Fsp3) is 0.0625. The third kappa shape index (κ3) is 3.52. The quantitative estimate of drug-likeness (QED) is 0.676. The molecule has 0 spiro atoms. The monoisotopic (exact) mass is 364 g/mol. The van der Waals surface area contributed by atoms with Crippen LogP contribution in [0.15, 0.2) is 48.7 Å². The van der Waals surface area contributed by atoms with Crippen LogP contribution >= 0.6 is 11.6 Å². The van der Waals surface area contributed by atoms with Gasteiger partial charge in [-0.25, -0.2) is 8.42 Å². The zero-order chi connectivity index (χ0) is 17.1. The van der Waals surface area contributed by atoms with Gasteiger partial charge in [0.25, 0.3) is 0 Å². The molecule has 0 fully saturated rings. The Hall–Kier alpha value is -2.51. The number of nitrogens with one attached hydrogen (secondary N) is 1. The van der Waals surface area contributed by atoms with Crippen LogP contribution in [0.3, 0.4) is 0 Å². The van der Waals surface area contributed by atoms with Crippen molar-refractivity contribution in [3.05, 3.63) is 53.7 Å². The van der Waals surface area contributed by atoms with Gasteiger partial charge in [0.2, 0.25) is 10.9 Å². The third-order valence-corrected chi connectivity index (χ3v) is 4.03. The topological polar surface area (TPSA) is 77.5 Å². The summed E-state index contributed by atoms with van der Waals surface area (Å²) >= 11 is 6.06. The summed E-state index contributed by atoms with van der Waals surface area (Å²) in [5, 5.41) is 1.06. The lowest BCUT2D eigenvalue weighted by atomic mass is 10.2. The maximum absolute atomic E-state index is 10.7. The molecule has 0 amide bonds. The Morgan fingerprint density at radius 2 is 1.88 bits per heavy atom. The SMILES string of the molecule is COc1ccc2c(Oc3ccc(N[SH](=O)=O)c(Cl)c3)ccnc2c1. The summed E-state index contributed by atoms with van der Waals surface area (Å²) in [4.78, 5) is 4.29. The summed E-state index contributed by atoms with van der Waals surface area (Å²) in [7, 11) is -1.18. The van der Waals surface area contributed by atoms with E-state index < -0.39 is 10.9 Å². The first-order valence-corrected chi connectivity index (χ1v) is 8.43. The molecule has 124 valence electrons. The predicted molar refractivity (Wildman–Crippen MR) is 93.8 cm³/mol. The maximum atomic E-state index is 10.7. The van der Waals surface area contributed by atoms with Gasteiger partial charge >= 0.3 is 0 Å². The van der Waals surface area contributed by atoms with Crippen molar-refractivity contribution >= 4 is 39.1 Å². The van der Waals surface area contributed by atoms with Crippen molar-refractivity contribution in [2.45, 2.75) is 0 Å². The van der Waals surface area contributed by atoms with Crippen molar-refractivity contribution in [3.8, 4) is 17.2 Å². The standard InChI is InChI=1S/C16H13ClN2O4S/c1-22-10-2-4-12-15(9-10)18-7-6-16(12)23-11-3-5-14(13(17)8-11)19-24(20)21/h2-9,24H,1H3,(H,19,20,21). The second-order valence-corrected chi connectivity index (χ2v) is 5.95. The van der Waals surface area contributed by atoms with Gasteiger partial charge < -0.3 is 9.47 Å². The van der Waals surface area contributed by atoms with Gasteiger partial charge in [-0.05, 0) is 30.3 Å². The molecule has 0 bridgehead atoms. The van der Waals surface area contributed by atoms with Crippen LogP contribution in [-0.4, -0.2) is 20.5 Å². The zero-order valence-corrected chi connectivity index (χ0v) is 14.2. The van der Waals surface area contributed by atoms with Crippen molar-refractivity contribution < 1.29 is 17.9 Å². The van der Waals surface area contributed by atoms with Gasteiger partial charge in [0.1, 0.15) is 17.2 Å². The second-order valence-electron chi connectivity index (χ2n) is 4.80. The second kappa shape index (κ2) is 6.94. The highest BCUT2D eigenvalue weighted by molar-refractivity contribution is 7.73. The van der Waals surface area contributed by atoms with Crippen molar-refractivity contribution in [2.75, 3.05) is 11.8 Å². The highest BCUT2D eigenvalue weighted by Gasteiger charge is 2.08. The van der Waals surface area contributed by atoms with Crippen LogP contribution in [0.1, 0.15) is 0 Å². The molecular formula is C16H13ClN2O4S. The minimum atomic E-state index is -2.77.